The number of amides is 1. The van der Waals surface area contributed by atoms with Crippen LogP contribution in [-0.4, -0.2) is 38.4 Å². The molecule has 0 unspecified atom stereocenters. The van der Waals surface area contributed by atoms with E-state index in [1.54, 1.807) is 28.6 Å². The second-order valence-corrected chi connectivity index (χ2v) is 7.20. The van der Waals surface area contributed by atoms with Crippen molar-refractivity contribution >= 4 is 17.7 Å². The lowest BCUT2D eigenvalue weighted by atomic mass is 10.0. The van der Waals surface area contributed by atoms with Gasteiger partial charge in [0.2, 0.25) is 5.91 Å². The Labute approximate surface area is 150 Å². The molecule has 0 saturated carbocycles. The SMILES string of the molecule is O=C(NCCCSCc1ccccc1F)[C@@H]1CCCCn2nnnc21. The number of carbonyl (C=O) groups is 1. The van der Waals surface area contributed by atoms with E-state index >= 15 is 0 Å². The van der Waals surface area contributed by atoms with E-state index < -0.39 is 0 Å². The average molecular weight is 363 g/mol. The topological polar surface area (TPSA) is 72.7 Å². The summed E-state index contributed by atoms with van der Waals surface area (Å²) in [5.74, 6) is 1.77. The van der Waals surface area contributed by atoms with E-state index in [2.05, 4.69) is 20.8 Å². The predicted octanol–water partition coefficient (Wildman–Crippen LogP) is 2.52. The number of carbonyl (C=O) groups excluding carboxylic acids is 1. The molecule has 3 rings (SSSR count). The first-order valence-electron chi connectivity index (χ1n) is 8.60. The minimum absolute atomic E-state index is 0.00273. The Morgan fingerprint density at radius 3 is 3.12 bits per heavy atom. The van der Waals surface area contributed by atoms with Gasteiger partial charge in [0, 0.05) is 18.8 Å². The molecule has 1 atom stereocenters. The van der Waals surface area contributed by atoms with Gasteiger partial charge in [-0.2, -0.15) is 11.8 Å². The number of rotatable bonds is 7. The van der Waals surface area contributed by atoms with Gasteiger partial charge in [-0.15, -0.1) is 5.10 Å². The van der Waals surface area contributed by atoms with Crippen LogP contribution in [0.1, 0.15) is 43.0 Å². The summed E-state index contributed by atoms with van der Waals surface area (Å²) in [5, 5.41) is 14.6. The molecule has 134 valence electrons. The Balaban J connectivity index is 1.38. The lowest BCUT2D eigenvalue weighted by Gasteiger charge is -2.13. The van der Waals surface area contributed by atoms with E-state index in [4.69, 9.17) is 0 Å². The largest absolute Gasteiger partial charge is 0.355 e. The molecule has 0 bridgehead atoms. The number of nitrogens with one attached hydrogen (secondary N) is 1. The molecule has 2 aromatic rings. The smallest absolute Gasteiger partial charge is 0.230 e. The highest BCUT2D eigenvalue weighted by atomic mass is 32.2. The normalized spacial score (nSPS) is 16.9. The van der Waals surface area contributed by atoms with Gasteiger partial charge in [-0.25, -0.2) is 9.07 Å². The van der Waals surface area contributed by atoms with Crippen molar-refractivity contribution in [1.29, 1.82) is 0 Å². The molecule has 1 aromatic heterocycles. The van der Waals surface area contributed by atoms with Gasteiger partial charge in [-0.05, 0) is 47.1 Å². The van der Waals surface area contributed by atoms with Crippen LogP contribution in [0.3, 0.4) is 0 Å². The lowest BCUT2D eigenvalue weighted by Crippen LogP contribution is -2.31. The number of fused-ring (bicyclic) bond motifs is 1. The fourth-order valence-electron chi connectivity index (χ4n) is 2.91. The Morgan fingerprint density at radius 2 is 2.24 bits per heavy atom. The zero-order valence-electron chi connectivity index (χ0n) is 14.0. The summed E-state index contributed by atoms with van der Waals surface area (Å²) >= 11 is 1.67. The lowest BCUT2D eigenvalue weighted by molar-refractivity contribution is -0.122. The van der Waals surface area contributed by atoms with Gasteiger partial charge in [0.25, 0.3) is 0 Å². The predicted molar refractivity (Wildman–Crippen MR) is 94.6 cm³/mol. The minimum atomic E-state index is -0.261. The Kier molecular flexibility index (Phi) is 6.38. The fraction of sp³-hybridized carbons (Fsp3) is 0.529. The maximum Gasteiger partial charge on any atom is 0.230 e. The standard InChI is InChI=1S/C17H22FN5OS/c18-15-8-2-1-6-13(15)12-25-11-5-9-19-17(24)14-7-3-4-10-23-16(14)20-21-22-23/h1-2,6,8,14H,3-5,7,9-12H2,(H,19,24)/t14-/m1/s1. The second kappa shape index (κ2) is 8.94. The van der Waals surface area contributed by atoms with Crippen LogP contribution in [0.5, 0.6) is 0 Å². The van der Waals surface area contributed by atoms with E-state index in [0.29, 0.717) is 18.1 Å². The number of thioether (sulfide) groups is 1. The second-order valence-electron chi connectivity index (χ2n) is 6.10. The van der Waals surface area contributed by atoms with Crippen LogP contribution in [0.15, 0.2) is 24.3 Å². The van der Waals surface area contributed by atoms with Gasteiger partial charge >= 0.3 is 0 Å². The summed E-state index contributed by atoms with van der Waals surface area (Å²) in [6.07, 6.45) is 3.62. The summed E-state index contributed by atoms with van der Waals surface area (Å²) < 4.78 is 15.3. The summed E-state index contributed by atoms with van der Waals surface area (Å²) in [6, 6.07) is 6.83. The highest BCUT2D eigenvalue weighted by molar-refractivity contribution is 7.98. The van der Waals surface area contributed by atoms with E-state index in [1.807, 2.05) is 6.07 Å². The Hall–Kier alpha value is -1.96. The van der Waals surface area contributed by atoms with Gasteiger partial charge < -0.3 is 5.32 Å². The summed E-state index contributed by atoms with van der Waals surface area (Å²) in [4.78, 5) is 12.4. The summed E-state index contributed by atoms with van der Waals surface area (Å²) in [5.41, 5.74) is 0.724. The molecule has 1 N–H and O–H groups in total. The number of aromatic nitrogens is 4. The van der Waals surface area contributed by atoms with E-state index in [0.717, 1.165) is 43.5 Å². The van der Waals surface area contributed by atoms with Crippen LogP contribution in [-0.2, 0) is 17.1 Å². The molecule has 1 aromatic carbocycles. The number of hydrogen-bond donors (Lipinski definition) is 1. The molecule has 0 spiro atoms. The van der Waals surface area contributed by atoms with Gasteiger partial charge in [0.1, 0.15) is 5.82 Å². The van der Waals surface area contributed by atoms with Crippen molar-refractivity contribution in [2.75, 3.05) is 12.3 Å². The van der Waals surface area contributed by atoms with Gasteiger partial charge in [-0.3, -0.25) is 4.79 Å². The van der Waals surface area contributed by atoms with E-state index in [9.17, 15) is 9.18 Å². The first-order chi connectivity index (χ1) is 12.3. The molecule has 6 nitrogen and oxygen atoms in total. The van der Waals surface area contributed by atoms with Gasteiger partial charge in [0.15, 0.2) is 5.82 Å². The molecule has 8 heteroatoms. The number of hydrogen-bond acceptors (Lipinski definition) is 5. The molecule has 1 amide bonds. The molecular formula is C17H22FN5OS. The van der Waals surface area contributed by atoms with Crippen molar-refractivity contribution in [3.63, 3.8) is 0 Å². The number of benzene rings is 1. The summed E-state index contributed by atoms with van der Waals surface area (Å²) in [7, 11) is 0. The molecule has 0 aliphatic carbocycles. The molecule has 1 aliphatic rings. The molecule has 25 heavy (non-hydrogen) atoms. The number of nitrogens with zero attached hydrogens (tertiary/aromatic N) is 4. The zero-order valence-corrected chi connectivity index (χ0v) is 14.8. The third kappa shape index (κ3) is 4.78. The highest BCUT2D eigenvalue weighted by Crippen LogP contribution is 2.24. The molecule has 1 aliphatic heterocycles. The monoisotopic (exact) mass is 363 g/mol. The van der Waals surface area contributed by atoms with E-state index in [-0.39, 0.29) is 17.6 Å². The van der Waals surface area contributed by atoms with Crippen LogP contribution in [0, 0.1) is 5.82 Å². The van der Waals surface area contributed by atoms with Gasteiger partial charge in [-0.1, -0.05) is 24.6 Å². The third-order valence-corrected chi connectivity index (χ3v) is 5.37. The molecular weight excluding hydrogens is 341 g/mol. The number of halogens is 1. The van der Waals surface area contributed by atoms with Crippen LogP contribution >= 0.6 is 11.8 Å². The maximum absolute atomic E-state index is 13.5. The fourth-order valence-corrected chi connectivity index (χ4v) is 3.86. The molecule has 2 heterocycles. The number of tetrazole rings is 1. The van der Waals surface area contributed by atoms with Crippen molar-refractivity contribution in [3.05, 3.63) is 41.5 Å². The van der Waals surface area contributed by atoms with Crippen molar-refractivity contribution in [2.24, 2.45) is 0 Å². The number of aryl methyl sites for hydroxylation is 1. The average Bonchev–Trinajstić information content (AvgIpc) is 2.98. The summed E-state index contributed by atoms with van der Waals surface area (Å²) in [6.45, 7) is 1.39. The third-order valence-electron chi connectivity index (χ3n) is 4.28. The Morgan fingerprint density at radius 1 is 1.36 bits per heavy atom. The maximum atomic E-state index is 13.5. The van der Waals surface area contributed by atoms with Crippen LogP contribution in [0.25, 0.3) is 0 Å². The Bertz CT molecular complexity index is 708. The van der Waals surface area contributed by atoms with Crippen molar-refractivity contribution < 1.29 is 9.18 Å². The molecule has 0 fully saturated rings. The molecule has 0 radical (unpaired) electrons. The quantitative estimate of drug-likeness (QED) is 0.765. The van der Waals surface area contributed by atoms with Gasteiger partial charge in [0.05, 0.1) is 5.92 Å². The zero-order chi connectivity index (χ0) is 17.5. The molecule has 0 saturated heterocycles. The van der Waals surface area contributed by atoms with Crippen molar-refractivity contribution in [1.82, 2.24) is 25.5 Å². The van der Waals surface area contributed by atoms with Crippen molar-refractivity contribution in [2.45, 2.75) is 43.9 Å². The first kappa shape index (κ1) is 17.8. The van der Waals surface area contributed by atoms with Crippen LogP contribution < -0.4 is 5.32 Å². The minimum Gasteiger partial charge on any atom is -0.355 e. The van der Waals surface area contributed by atoms with Crippen LogP contribution in [0.4, 0.5) is 4.39 Å². The van der Waals surface area contributed by atoms with Crippen molar-refractivity contribution in [3.8, 4) is 0 Å². The highest BCUT2D eigenvalue weighted by Gasteiger charge is 2.27. The van der Waals surface area contributed by atoms with Crippen LogP contribution in [0.2, 0.25) is 0 Å². The van der Waals surface area contributed by atoms with E-state index in [1.165, 1.54) is 6.07 Å². The first-order valence-corrected chi connectivity index (χ1v) is 9.76.